The molecule has 2 heteroatoms. The van der Waals surface area contributed by atoms with Crippen molar-refractivity contribution in [1.82, 2.24) is 0 Å². The van der Waals surface area contributed by atoms with Crippen molar-refractivity contribution in [2.75, 3.05) is 12.3 Å². The van der Waals surface area contributed by atoms with Gasteiger partial charge in [0.05, 0.1) is 12.4 Å². The predicted molar refractivity (Wildman–Crippen MR) is 58.0 cm³/mol. The molecule has 0 spiro atoms. The lowest BCUT2D eigenvalue weighted by Gasteiger charge is -2.18. The Balaban J connectivity index is 2.25. The molecule has 0 radical (unpaired) electrons. The molecule has 1 aliphatic rings. The van der Waals surface area contributed by atoms with E-state index in [2.05, 4.69) is 12.1 Å². The molecule has 0 heterocycles. The fraction of sp³-hybridized carbons (Fsp3) is 0.333. The lowest BCUT2D eigenvalue weighted by molar-refractivity contribution is 0.220. The number of nitrogens with two attached hydrogens (primary N) is 1. The van der Waals surface area contributed by atoms with E-state index in [9.17, 15) is 0 Å². The number of allylic oxidation sites excluding steroid dienone is 2. The van der Waals surface area contributed by atoms with Crippen LogP contribution in [0.5, 0.6) is 0 Å². The van der Waals surface area contributed by atoms with Crippen LogP contribution < -0.4 is 5.73 Å². The van der Waals surface area contributed by atoms with Gasteiger partial charge in [0.25, 0.3) is 0 Å². The van der Waals surface area contributed by atoms with Crippen LogP contribution in [-0.2, 0) is 17.6 Å². The van der Waals surface area contributed by atoms with Gasteiger partial charge in [-0.2, -0.15) is 0 Å². The van der Waals surface area contributed by atoms with Crippen molar-refractivity contribution in [3.63, 3.8) is 0 Å². The Labute approximate surface area is 84.4 Å². The third-order valence-corrected chi connectivity index (χ3v) is 2.54. The van der Waals surface area contributed by atoms with Crippen LogP contribution in [0.25, 0.3) is 0 Å². The number of ether oxygens (including phenoxy) is 1. The first-order chi connectivity index (χ1) is 6.81. The van der Waals surface area contributed by atoms with Crippen LogP contribution in [0, 0.1) is 0 Å². The van der Waals surface area contributed by atoms with Crippen LogP contribution in [0.2, 0.25) is 0 Å². The zero-order valence-electron chi connectivity index (χ0n) is 8.42. The van der Waals surface area contributed by atoms with Crippen LogP contribution in [0.15, 0.2) is 30.0 Å². The summed E-state index contributed by atoms with van der Waals surface area (Å²) in [5.74, 6) is 1.07. The van der Waals surface area contributed by atoms with Crippen molar-refractivity contribution >= 4 is 5.69 Å². The summed E-state index contributed by atoms with van der Waals surface area (Å²) in [5, 5.41) is 0. The molecule has 0 bridgehead atoms. The number of hydrogen-bond donors (Lipinski definition) is 1. The zero-order chi connectivity index (χ0) is 9.97. The predicted octanol–water partition coefficient (Wildman–Crippen LogP) is 2.29. The number of benzene rings is 1. The van der Waals surface area contributed by atoms with Crippen molar-refractivity contribution in [3.8, 4) is 0 Å². The molecule has 2 nitrogen and oxygen atoms in total. The van der Waals surface area contributed by atoms with Crippen molar-refractivity contribution in [2.24, 2.45) is 0 Å². The molecule has 14 heavy (non-hydrogen) atoms. The molecule has 74 valence electrons. The van der Waals surface area contributed by atoms with Gasteiger partial charge in [0.2, 0.25) is 0 Å². The molecule has 0 saturated carbocycles. The monoisotopic (exact) mass is 189 g/mol. The van der Waals surface area contributed by atoms with Crippen LogP contribution >= 0.6 is 0 Å². The standard InChI is InChI=1S/C12H15NO/c1-2-14-10-6-7-11-9(8-10)4-3-5-12(11)13/h3-6H,2,7-8,13H2,1H3. The van der Waals surface area contributed by atoms with E-state index >= 15 is 0 Å². The van der Waals surface area contributed by atoms with Gasteiger partial charge in [0.1, 0.15) is 0 Å². The Morgan fingerprint density at radius 1 is 1.43 bits per heavy atom. The Bertz CT molecular complexity index is 369. The average molecular weight is 189 g/mol. The number of fused-ring (bicyclic) bond motifs is 1. The molecule has 2 rings (SSSR count). The van der Waals surface area contributed by atoms with Crippen molar-refractivity contribution in [1.29, 1.82) is 0 Å². The Morgan fingerprint density at radius 2 is 2.29 bits per heavy atom. The van der Waals surface area contributed by atoms with E-state index in [4.69, 9.17) is 10.5 Å². The maximum Gasteiger partial charge on any atom is 0.0967 e. The SMILES string of the molecule is CCOC1=CCc2c(N)cccc2C1. The van der Waals surface area contributed by atoms with Gasteiger partial charge in [0, 0.05) is 12.1 Å². The van der Waals surface area contributed by atoms with Crippen LogP contribution in [-0.4, -0.2) is 6.61 Å². The average Bonchev–Trinajstić information content (AvgIpc) is 2.18. The maximum atomic E-state index is 5.89. The molecular formula is C12H15NO. The number of anilines is 1. The lowest BCUT2D eigenvalue weighted by atomic mass is 9.94. The number of nitrogen functional groups attached to an aromatic ring is 1. The molecule has 0 amide bonds. The van der Waals surface area contributed by atoms with E-state index < -0.39 is 0 Å². The Kier molecular flexibility index (Phi) is 2.44. The first-order valence-corrected chi connectivity index (χ1v) is 4.99. The molecule has 0 atom stereocenters. The second kappa shape index (κ2) is 3.74. The third kappa shape index (κ3) is 1.60. The molecule has 2 N–H and O–H groups in total. The van der Waals surface area contributed by atoms with Gasteiger partial charge >= 0.3 is 0 Å². The molecule has 1 aromatic carbocycles. The minimum atomic E-state index is 0.740. The minimum absolute atomic E-state index is 0.740. The lowest BCUT2D eigenvalue weighted by Crippen LogP contribution is -2.08. The maximum absolute atomic E-state index is 5.89. The van der Waals surface area contributed by atoms with E-state index in [1.54, 1.807) is 0 Å². The summed E-state index contributed by atoms with van der Waals surface area (Å²) < 4.78 is 5.50. The fourth-order valence-corrected chi connectivity index (χ4v) is 1.84. The summed E-state index contributed by atoms with van der Waals surface area (Å²) in [6, 6.07) is 6.08. The highest BCUT2D eigenvalue weighted by molar-refractivity contribution is 5.54. The molecular weight excluding hydrogens is 174 g/mol. The minimum Gasteiger partial charge on any atom is -0.498 e. The summed E-state index contributed by atoms with van der Waals surface area (Å²) in [6.07, 6.45) is 3.91. The van der Waals surface area contributed by atoms with E-state index in [1.807, 2.05) is 19.1 Å². The highest BCUT2D eigenvalue weighted by Gasteiger charge is 2.13. The highest BCUT2D eigenvalue weighted by Crippen LogP contribution is 2.25. The number of rotatable bonds is 2. The topological polar surface area (TPSA) is 35.2 Å². The third-order valence-electron chi connectivity index (χ3n) is 2.54. The second-order valence-corrected chi connectivity index (χ2v) is 3.47. The Hall–Kier alpha value is -1.44. The molecule has 0 fully saturated rings. The molecule has 0 saturated heterocycles. The smallest absolute Gasteiger partial charge is 0.0967 e. The summed E-state index contributed by atoms with van der Waals surface area (Å²) in [6.45, 7) is 2.75. The van der Waals surface area contributed by atoms with Crippen LogP contribution in [0.1, 0.15) is 18.1 Å². The van der Waals surface area contributed by atoms with Gasteiger partial charge in [-0.25, -0.2) is 0 Å². The molecule has 1 aromatic rings. The number of hydrogen-bond acceptors (Lipinski definition) is 2. The zero-order valence-corrected chi connectivity index (χ0v) is 8.42. The van der Waals surface area contributed by atoms with Gasteiger partial charge < -0.3 is 10.5 Å². The summed E-state index contributed by atoms with van der Waals surface area (Å²) in [4.78, 5) is 0. The van der Waals surface area contributed by atoms with Crippen LogP contribution in [0.4, 0.5) is 5.69 Å². The molecule has 0 aromatic heterocycles. The summed E-state index contributed by atoms with van der Waals surface area (Å²) in [5.41, 5.74) is 9.35. The van der Waals surface area contributed by atoms with E-state index in [1.165, 1.54) is 11.1 Å². The highest BCUT2D eigenvalue weighted by atomic mass is 16.5. The normalized spacial score (nSPS) is 14.5. The molecule has 1 aliphatic carbocycles. The van der Waals surface area contributed by atoms with Gasteiger partial charge in [-0.05, 0) is 36.6 Å². The molecule has 0 aliphatic heterocycles. The molecule has 0 unspecified atom stereocenters. The quantitative estimate of drug-likeness (QED) is 0.724. The first kappa shape index (κ1) is 9.13. The first-order valence-electron chi connectivity index (χ1n) is 4.99. The van der Waals surface area contributed by atoms with Gasteiger partial charge in [-0.15, -0.1) is 0 Å². The van der Waals surface area contributed by atoms with Gasteiger partial charge in [0.15, 0.2) is 0 Å². The second-order valence-electron chi connectivity index (χ2n) is 3.47. The van der Waals surface area contributed by atoms with Crippen LogP contribution in [0.3, 0.4) is 0 Å². The largest absolute Gasteiger partial charge is 0.498 e. The van der Waals surface area contributed by atoms with Crippen molar-refractivity contribution in [3.05, 3.63) is 41.2 Å². The van der Waals surface area contributed by atoms with E-state index in [0.29, 0.717) is 0 Å². The Morgan fingerprint density at radius 3 is 3.07 bits per heavy atom. The van der Waals surface area contributed by atoms with Gasteiger partial charge in [-0.3, -0.25) is 0 Å². The summed E-state index contributed by atoms with van der Waals surface area (Å²) >= 11 is 0. The van der Waals surface area contributed by atoms with Crippen molar-refractivity contribution < 1.29 is 4.74 Å². The van der Waals surface area contributed by atoms with Gasteiger partial charge in [-0.1, -0.05) is 12.1 Å². The van der Waals surface area contributed by atoms with E-state index in [0.717, 1.165) is 30.9 Å². The summed E-state index contributed by atoms with van der Waals surface area (Å²) in [7, 11) is 0. The van der Waals surface area contributed by atoms with Crippen molar-refractivity contribution in [2.45, 2.75) is 19.8 Å². The van der Waals surface area contributed by atoms with E-state index in [-0.39, 0.29) is 0 Å². The fourth-order valence-electron chi connectivity index (χ4n) is 1.84.